The van der Waals surface area contributed by atoms with Crippen molar-refractivity contribution >= 4 is 6.29 Å². The second kappa shape index (κ2) is 7.13. The van der Waals surface area contributed by atoms with Crippen LogP contribution >= 0.6 is 0 Å². The van der Waals surface area contributed by atoms with Gasteiger partial charge in [-0.05, 0) is 35.2 Å². The Hall–Kier alpha value is -2.88. The van der Waals surface area contributed by atoms with Gasteiger partial charge in [0.1, 0.15) is 12.4 Å². The summed E-state index contributed by atoms with van der Waals surface area (Å²) >= 11 is 0. The van der Waals surface area contributed by atoms with E-state index >= 15 is 0 Å². The summed E-state index contributed by atoms with van der Waals surface area (Å²) in [5.41, 5.74) is 4.47. The predicted octanol–water partition coefficient (Wildman–Crippen LogP) is 4.59. The fourth-order valence-corrected chi connectivity index (χ4v) is 2.64. The first-order chi connectivity index (χ1) is 11.7. The van der Waals surface area contributed by atoms with Gasteiger partial charge in [0.2, 0.25) is 0 Å². The van der Waals surface area contributed by atoms with E-state index in [1.807, 2.05) is 42.5 Å². The van der Waals surface area contributed by atoms with Gasteiger partial charge in [-0.25, -0.2) is 0 Å². The van der Waals surface area contributed by atoms with Crippen molar-refractivity contribution in [3.05, 3.63) is 71.4 Å². The molecule has 1 heterocycles. The van der Waals surface area contributed by atoms with E-state index in [0.717, 1.165) is 34.4 Å². The number of benzene rings is 2. The summed E-state index contributed by atoms with van der Waals surface area (Å²) < 4.78 is 6.02. The van der Waals surface area contributed by atoms with Gasteiger partial charge in [-0.15, -0.1) is 0 Å². The highest BCUT2D eigenvalue weighted by molar-refractivity contribution is 5.85. The summed E-state index contributed by atoms with van der Waals surface area (Å²) in [5, 5.41) is 6.85. The lowest BCUT2D eigenvalue weighted by Gasteiger charge is -2.15. The van der Waals surface area contributed by atoms with Crippen LogP contribution in [0.3, 0.4) is 0 Å². The highest BCUT2D eigenvalue weighted by Crippen LogP contribution is 2.32. The third-order valence-corrected chi connectivity index (χ3v) is 3.95. The standard InChI is InChI=1S/C20H20N2O2/c1-14(2)18-10-16(20-17(12-23)11-21-22-20)8-9-19(18)24-13-15-6-4-3-5-7-15/h3-12,14H,13H2,1-2H3,(H,21,22). The normalized spacial score (nSPS) is 10.8. The molecule has 0 unspecified atom stereocenters. The summed E-state index contributed by atoms with van der Waals surface area (Å²) in [4.78, 5) is 11.1. The minimum atomic E-state index is 0.304. The first-order valence-corrected chi connectivity index (χ1v) is 7.98. The number of nitrogens with zero attached hydrogens (tertiary/aromatic N) is 1. The van der Waals surface area contributed by atoms with Gasteiger partial charge in [0.25, 0.3) is 0 Å². The molecule has 24 heavy (non-hydrogen) atoms. The Labute approximate surface area is 141 Å². The summed E-state index contributed by atoms with van der Waals surface area (Å²) in [6, 6.07) is 16.1. The topological polar surface area (TPSA) is 55.0 Å². The van der Waals surface area contributed by atoms with Crippen LogP contribution in [0.15, 0.2) is 54.7 Å². The Bertz CT molecular complexity index is 823. The minimum Gasteiger partial charge on any atom is -0.489 e. The maximum atomic E-state index is 11.1. The molecule has 0 saturated heterocycles. The van der Waals surface area contributed by atoms with Crippen molar-refractivity contribution < 1.29 is 9.53 Å². The number of carbonyl (C=O) groups excluding carboxylic acids is 1. The molecule has 0 fully saturated rings. The lowest BCUT2D eigenvalue weighted by atomic mass is 9.97. The van der Waals surface area contributed by atoms with Crippen LogP contribution in [-0.4, -0.2) is 16.5 Å². The molecule has 4 heteroatoms. The Balaban J connectivity index is 1.89. The largest absolute Gasteiger partial charge is 0.489 e. The SMILES string of the molecule is CC(C)c1cc(-c2[nH]ncc2C=O)ccc1OCc1ccccc1. The van der Waals surface area contributed by atoms with E-state index in [1.165, 1.54) is 6.20 Å². The molecule has 0 atom stereocenters. The van der Waals surface area contributed by atoms with Gasteiger partial charge in [0, 0.05) is 5.56 Å². The van der Waals surface area contributed by atoms with E-state index in [2.05, 4.69) is 30.1 Å². The monoisotopic (exact) mass is 320 g/mol. The van der Waals surface area contributed by atoms with E-state index in [0.29, 0.717) is 18.1 Å². The van der Waals surface area contributed by atoms with Crippen LogP contribution in [0, 0.1) is 0 Å². The fraction of sp³-hybridized carbons (Fsp3) is 0.200. The van der Waals surface area contributed by atoms with Crippen molar-refractivity contribution in [1.29, 1.82) is 0 Å². The Morgan fingerprint density at radius 2 is 1.96 bits per heavy atom. The molecular weight excluding hydrogens is 300 g/mol. The van der Waals surface area contributed by atoms with Crippen molar-refractivity contribution in [2.24, 2.45) is 0 Å². The average molecular weight is 320 g/mol. The number of nitrogens with one attached hydrogen (secondary N) is 1. The van der Waals surface area contributed by atoms with E-state index in [9.17, 15) is 4.79 Å². The summed E-state index contributed by atoms with van der Waals surface area (Å²) in [7, 11) is 0. The van der Waals surface area contributed by atoms with Gasteiger partial charge in [-0.1, -0.05) is 44.2 Å². The molecular formula is C20H20N2O2. The molecule has 122 valence electrons. The highest BCUT2D eigenvalue weighted by atomic mass is 16.5. The lowest BCUT2D eigenvalue weighted by Crippen LogP contribution is -2.00. The number of H-pyrrole nitrogens is 1. The average Bonchev–Trinajstić information content (AvgIpc) is 3.09. The summed E-state index contributed by atoms with van der Waals surface area (Å²) in [6.45, 7) is 4.79. The van der Waals surface area contributed by atoms with E-state index in [-0.39, 0.29) is 0 Å². The molecule has 1 N–H and O–H groups in total. The second-order valence-electron chi connectivity index (χ2n) is 6.00. The molecule has 2 aromatic carbocycles. The number of ether oxygens (including phenoxy) is 1. The van der Waals surface area contributed by atoms with Gasteiger partial charge in [0.05, 0.1) is 17.5 Å². The van der Waals surface area contributed by atoms with E-state index in [4.69, 9.17) is 4.74 Å². The number of aldehydes is 1. The maximum absolute atomic E-state index is 11.1. The minimum absolute atomic E-state index is 0.304. The summed E-state index contributed by atoms with van der Waals surface area (Å²) in [6.07, 6.45) is 2.35. The zero-order valence-corrected chi connectivity index (χ0v) is 13.8. The maximum Gasteiger partial charge on any atom is 0.153 e. The van der Waals surface area contributed by atoms with Crippen LogP contribution < -0.4 is 4.74 Å². The number of carbonyl (C=O) groups is 1. The lowest BCUT2D eigenvalue weighted by molar-refractivity contribution is 0.112. The van der Waals surface area contributed by atoms with Crippen LogP contribution in [0.5, 0.6) is 5.75 Å². The molecule has 0 aliphatic heterocycles. The molecule has 1 aromatic heterocycles. The number of aromatic nitrogens is 2. The molecule has 0 aliphatic carbocycles. The van der Waals surface area contributed by atoms with Crippen LogP contribution in [0.2, 0.25) is 0 Å². The molecule has 3 aromatic rings. The molecule has 0 radical (unpaired) electrons. The molecule has 0 amide bonds. The quantitative estimate of drug-likeness (QED) is 0.676. The van der Waals surface area contributed by atoms with Gasteiger partial charge in [-0.3, -0.25) is 9.89 Å². The van der Waals surface area contributed by atoms with Gasteiger partial charge in [-0.2, -0.15) is 5.10 Å². The molecule has 0 aliphatic rings. The number of hydrogen-bond acceptors (Lipinski definition) is 3. The zero-order chi connectivity index (χ0) is 16.9. The molecule has 3 rings (SSSR count). The number of rotatable bonds is 6. The van der Waals surface area contributed by atoms with Crippen molar-refractivity contribution in [2.75, 3.05) is 0 Å². The third kappa shape index (κ3) is 3.38. The molecule has 0 bridgehead atoms. The highest BCUT2D eigenvalue weighted by Gasteiger charge is 2.13. The fourth-order valence-electron chi connectivity index (χ4n) is 2.64. The molecule has 0 saturated carbocycles. The smallest absolute Gasteiger partial charge is 0.153 e. The van der Waals surface area contributed by atoms with Crippen molar-refractivity contribution in [3.63, 3.8) is 0 Å². The first-order valence-electron chi connectivity index (χ1n) is 7.98. The van der Waals surface area contributed by atoms with Crippen molar-refractivity contribution in [3.8, 4) is 17.0 Å². The summed E-state index contributed by atoms with van der Waals surface area (Å²) in [5.74, 6) is 1.17. The van der Waals surface area contributed by atoms with Crippen molar-refractivity contribution in [2.45, 2.75) is 26.4 Å². The van der Waals surface area contributed by atoms with Crippen LogP contribution in [0.4, 0.5) is 0 Å². The Morgan fingerprint density at radius 1 is 1.17 bits per heavy atom. The molecule has 0 spiro atoms. The molecule has 4 nitrogen and oxygen atoms in total. The zero-order valence-electron chi connectivity index (χ0n) is 13.8. The van der Waals surface area contributed by atoms with Gasteiger partial charge < -0.3 is 4.74 Å². The van der Waals surface area contributed by atoms with Crippen LogP contribution in [0.1, 0.15) is 41.3 Å². The van der Waals surface area contributed by atoms with Gasteiger partial charge >= 0.3 is 0 Å². The van der Waals surface area contributed by atoms with Crippen molar-refractivity contribution in [1.82, 2.24) is 10.2 Å². The van der Waals surface area contributed by atoms with Crippen LogP contribution in [-0.2, 0) is 6.61 Å². The van der Waals surface area contributed by atoms with Gasteiger partial charge in [0.15, 0.2) is 6.29 Å². The van der Waals surface area contributed by atoms with E-state index in [1.54, 1.807) is 0 Å². The van der Waals surface area contributed by atoms with Crippen LogP contribution in [0.25, 0.3) is 11.3 Å². The second-order valence-corrected chi connectivity index (χ2v) is 6.00. The predicted molar refractivity (Wildman–Crippen MR) is 94.3 cm³/mol. The van der Waals surface area contributed by atoms with E-state index < -0.39 is 0 Å². The Morgan fingerprint density at radius 3 is 2.67 bits per heavy atom. The number of hydrogen-bond donors (Lipinski definition) is 1. The Kier molecular flexibility index (Phi) is 4.75. The number of aromatic amines is 1. The third-order valence-electron chi connectivity index (χ3n) is 3.95. The first kappa shape index (κ1) is 16.0.